The van der Waals surface area contributed by atoms with Crippen molar-refractivity contribution in [3.05, 3.63) is 76.5 Å². The van der Waals surface area contributed by atoms with Crippen molar-refractivity contribution in [1.82, 2.24) is 20.4 Å². The molecule has 2 heterocycles. The Morgan fingerprint density at radius 1 is 1.04 bits per heavy atom. The molecule has 136 valence electrons. The van der Waals surface area contributed by atoms with Crippen LogP contribution >= 0.6 is 0 Å². The Hall–Kier alpha value is -4.15. The zero-order chi connectivity index (χ0) is 19.2. The molecule has 0 saturated carbocycles. The number of carbonyl (C=O) groups excluding carboxylic acids is 1. The molecule has 0 radical (unpaired) electrons. The molecule has 0 aliphatic rings. The number of anilines is 3. The monoisotopic (exact) mass is 369 g/mol. The van der Waals surface area contributed by atoms with Gasteiger partial charge in [-0.1, -0.05) is 18.2 Å². The first-order valence-corrected chi connectivity index (χ1v) is 7.54. The second-order valence-corrected chi connectivity index (χ2v) is 5.08. The highest BCUT2D eigenvalue weighted by Crippen LogP contribution is 2.30. The summed E-state index contributed by atoms with van der Waals surface area (Å²) in [6.45, 7) is 0. The van der Waals surface area contributed by atoms with Crippen LogP contribution in [0.4, 0.5) is 27.5 Å². The molecule has 3 rings (SSSR count). The number of aromatic nitrogens is 3. The molecule has 2 aromatic heterocycles. The summed E-state index contributed by atoms with van der Waals surface area (Å²) >= 11 is 0. The van der Waals surface area contributed by atoms with Crippen LogP contribution in [0, 0.1) is 15.9 Å². The fourth-order valence-electron chi connectivity index (χ4n) is 2.12. The highest BCUT2D eigenvalue weighted by Gasteiger charge is 2.24. The van der Waals surface area contributed by atoms with Gasteiger partial charge in [-0.25, -0.2) is 19.3 Å². The number of benzene rings is 1. The van der Waals surface area contributed by atoms with E-state index in [0.29, 0.717) is 5.82 Å². The predicted molar refractivity (Wildman–Crippen MR) is 93.7 cm³/mol. The van der Waals surface area contributed by atoms with E-state index in [1.165, 1.54) is 24.4 Å². The van der Waals surface area contributed by atoms with Crippen LogP contribution in [-0.2, 0) is 0 Å². The number of hydrogen-bond acceptors (Lipinski definition) is 8. The predicted octanol–water partition coefficient (Wildman–Crippen LogP) is 2.42. The number of rotatable bonds is 6. The summed E-state index contributed by atoms with van der Waals surface area (Å²) in [5.41, 5.74) is 3.76. The standard InChI is InChI=1S/C16H12FN7O3/c17-11-6-2-1-5-10(11)16(25)23-22-15-13(24(26)27)14(19-9-20-15)21-12-7-3-4-8-18-12/h1-9H,(H,23,25)(H2,18,19,20,21,22). The van der Waals surface area contributed by atoms with Crippen molar-refractivity contribution in [2.45, 2.75) is 0 Å². The quantitative estimate of drug-likeness (QED) is 0.445. The Kier molecular flexibility index (Phi) is 5.12. The molecule has 0 aliphatic carbocycles. The normalized spacial score (nSPS) is 10.1. The number of nitrogens with zero attached hydrogens (tertiary/aromatic N) is 4. The van der Waals surface area contributed by atoms with Crippen molar-refractivity contribution >= 4 is 29.0 Å². The Balaban J connectivity index is 1.83. The molecular formula is C16H12FN7O3. The molecule has 0 unspecified atom stereocenters. The Morgan fingerprint density at radius 2 is 1.78 bits per heavy atom. The maximum Gasteiger partial charge on any atom is 0.355 e. The summed E-state index contributed by atoms with van der Waals surface area (Å²) < 4.78 is 13.6. The first-order valence-electron chi connectivity index (χ1n) is 7.54. The number of pyridine rings is 1. The molecule has 0 saturated heterocycles. The Bertz CT molecular complexity index is 985. The minimum atomic E-state index is -0.819. The largest absolute Gasteiger partial charge is 0.355 e. The van der Waals surface area contributed by atoms with E-state index in [0.717, 1.165) is 12.4 Å². The number of amides is 1. The minimum absolute atomic E-state index is 0.128. The summed E-state index contributed by atoms with van der Waals surface area (Å²) in [6.07, 6.45) is 2.57. The number of hydrazine groups is 1. The van der Waals surface area contributed by atoms with E-state index >= 15 is 0 Å². The lowest BCUT2D eigenvalue weighted by Gasteiger charge is -2.10. The van der Waals surface area contributed by atoms with Crippen LogP contribution in [-0.4, -0.2) is 25.8 Å². The maximum absolute atomic E-state index is 13.6. The fourth-order valence-corrected chi connectivity index (χ4v) is 2.12. The lowest BCUT2D eigenvalue weighted by atomic mass is 10.2. The molecule has 0 atom stereocenters. The van der Waals surface area contributed by atoms with Gasteiger partial charge in [0.05, 0.1) is 10.5 Å². The van der Waals surface area contributed by atoms with Gasteiger partial charge in [0.2, 0.25) is 11.6 Å². The molecule has 10 nitrogen and oxygen atoms in total. The van der Waals surface area contributed by atoms with E-state index in [4.69, 9.17) is 0 Å². The average molecular weight is 369 g/mol. The van der Waals surface area contributed by atoms with Crippen molar-refractivity contribution in [2.75, 3.05) is 10.7 Å². The fraction of sp³-hybridized carbons (Fsp3) is 0. The van der Waals surface area contributed by atoms with Gasteiger partial charge in [0, 0.05) is 6.20 Å². The van der Waals surface area contributed by atoms with Gasteiger partial charge in [-0.2, -0.15) is 0 Å². The van der Waals surface area contributed by atoms with E-state index < -0.39 is 22.3 Å². The lowest BCUT2D eigenvalue weighted by molar-refractivity contribution is -0.383. The first kappa shape index (κ1) is 17.7. The van der Waals surface area contributed by atoms with Gasteiger partial charge in [-0.05, 0) is 24.3 Å². The zero-order valence-electron chi connectivity index (χ0n) is 13.6. The number of nitro groups is 1. The topological polar surface area (TPSA) is 135 Å². The number of carbonyl (C=O) groups is 1. The van der Waals surface area contributed by atoms with E-state index in [1.54, 1.807) is 18.2 Å². The molecule has 1 aromatic carbocycles. The average Bonchev–Trinajstić information content (AvgIpc) is 2.67. The van der Waals surface area contributed by atoms with E-state index in [2.05, 4.69) is 31.1 Å². The van der Waals surface area contributed by atoms with Gasteiger partial charge >= 0.3 is 5.69 Å². The number of hydrogen-bond donors (Lipinski definition) is 3. The van der Waals surface area contributed by atoms with Gasteiger partial charge in [0.25, 0.3) is 5.91 Å². The molecule has 1 amide bonds. The minimum Gasteiger partial charge on any atom is -0.319 e. The van der Waals surface area contributed by atoms with Crippen molar-refractivity contribution < 1.29 is 14.1 Å². The SMILES string of the molecule is O=C(NNc1ncnc(Nc2ccccn2)c1[N+](=O)[O-])c1ccccc1F. The molecule has 3 N–H and O–H groups in total. The van der Waals surface area contributed by atoms with Crippen LogP contribution in [0.5, 0.6) is 0 Å². The zero-order valence-corrected chi connectivity index (χ0v) is 13.6. The highest BCUT2D eigenvalue weighted by molar-refractivity contribution is 5.95. The van der Waals surface area contributed by atoms with Crippen molar-refractivity contribution in [1.29, 1.82) is 0 Å². The summed E-state index contributed by atoms with van der Waals surface area (Å²) in [4.78, 5) is 34.4. The van der Waals surface area contributed by atoms with Crippen molar-refractivity contribution in [2.24, 2.45) is 0 Å². The third-order valence-electron chi connectivity index (χ3n) is 3.33. The van der Waals surface area contributed by atoms with Gasteiger partial charge in [0.1, 0.15) is 18.0 Å². The van der Waals surface area contributed by atoms with E-state index in [1.807, 2.05) is 0 Å². The van der Waals surface area contributed by atoms with Crippen LogP contribution in [0.2, 0.25) is 0 Å². The Labute approximate surface area is 151 Å². The van der Waals surface area contributed by atoms with Crippen molar-refractivity contribution in [3.63, 3.8) is 0 Å². The van der Waals surface area contributed by atoms with Gasteiger partial charge in [-0.3, -0.25) is 25.8 Å². The van der Waals surface area contributed by atoms with Crippen LogP contribution in [0.3, 0.4) is 0 Å². The van der Waals surface area contributed by atoms with Gasteiger partial charge in [0.15, 0.2) is 0 Å². The molecule has 11 heteroatoms. The maximum atomic E-state index is 13.6. The molecule has 0 spiro atoms. The van der Waals surface area contributed by atoms with E-state index in [9.17, 15) is 19.3 Å². The summed E-state index contributed by atoms with van der Waals surface area (Å²) in [6, 6.07) is 10.3. The van der Waals surface area contributed by atoms with Gasteiger partial charge in [-0.15, -0.1) is 0 Å². The van der Waals surface area contributed by atoms with Crippen LogP contribution in [0.1, 0.15) is 10.4 Å². The van der Waals surface area contributed by atoms with E-state index in [-0.39, 0.29) is 17.2 Å². The van der Waals surface area contributed by atoms with Crippen LogP contribution in [0.25, 0.3) is 0 Å². The van der Waals surface area contributed by atoms with Gasteiger partial charge < -0.3 is 5.32 Å². The second kappa shape index (κ2) is 7.82. The third-order valence-corrected chi connectivity index (χ3v) is 3.33. The highest BCUT2D eigenvalue weighted by atomic mass is 19.1. The lowest BCUT2D eigenvalue weighted by Crippen LogP contribution is -2.31. The molecule has 0 aliphatic heterocycles. The summed E-state index contributed by atoms with van der Waals surface area (Å²) in [7, 11) is 0. The van der Waals surface area contributed by atoms with Crippen LogP contribution in [0.15, 0.2) is 55.0 Å². The second-order valence-electron chi connectivity index (χ2n) is 5.08. The Morgan fingerprint density at radius 3 is 2.48 bits per heavy atom. The number of halogens is 1. The molecule has 0 bridgehead atoms. The van der Waals surface area contributed by atoms with Crippen LogP contribution < -0.4 is 16.2 Å². The summed E-state index contributed by atoms with van der Waals surface area (Å²) in [5.74, 6) is -1.62. The molecule has 0 fully saturated rings. The smallest absolute Gasteiger partial charge is 0.319 e. The molecule has 3 aromatic rings. The van der Waals surface area contributed by atoms with Crippen molar-refractivity contribution in [3.8, 4) is 0 Å². The number of nitrogens with one attached hydrogen (secondary N) is 3. The first-order chi connectivity index (χ1) is 13.1. The third kappa shape index (κ3) is 4.10. The molecular weight excluding hydrogens is 357 g/mol. The molecule has 27 heavy (non-hydrogen) atoms. The summed E-state index contributed by atoms with van der Waals surface area (Å²) in [5, 5.41) is 14.2.